The lowest BCUT2D eigenvalue weighted by Crippen LogP contribution is -2.14. The first kappa shape index (κ1) is 19.6. The Balaban J connectivity index is 1.54. The Kier molecular flexibility index (Phi) is 6.68. The molecule has 1 aromatic heterocycles. The Morgan fingerprint density at radius 1 is 0.963 bits per heavy atom. The molecular formula is C17H12Cl2N4O2S2. The van der Waals surface area contributed by atoms with Crippen LogP contribution in [0.25, 0.3) is 0 Å². The summed E-state index contributed by atoms with van der Waals surface area (Å²) in [5.74, 6) is -0.451. The van der Waals surface area contributed by atoms with Crippen LogP contribution in [0.2, 0.25) is 10.0 Å². The van der Waals surface area contributed by atoms with Gasteiger partial charge < -0.3 is 5.32 Å². The summed E-state index contributed by atoms with van der Waals surface area (Å²) >= 11 is 14.4. The predicted octanol–water partition coefficient (Wildman–Crippen LogP) is 4.83. The minimum Gasteiger partial charge on any atom is -0.324 e. The second-order valence-corrected chi connectivity index (χ2v) is 8.14. The molecule has 2 amide bonds. The van der Waals surface area contributed by atoms with Gasteiger partial charge in [-0.25, -0.2) is 0 Å². The van der Waals surface area contributed by atoms with Gasteiger partial charge in [0.1, 0.15) is 0 Å². The quantitative estimate of drug-likeness (QED) is 0.425. The molecule has 0 bridgehead atoms. The third-order valence-electron chi connectivity index (χ3n) is 3.22. The maximum absolute atomic E-state index is 12.2. The summed E-state index contributed by atoms with van der Waals surface area (Å²) in [7, 11) is 0. The van der Waals surface area contributed by atoms with E-state index in [0.29, 0.717) is 30.8 Å². The molecular weight excluding hydrogens is 427 g/mol. The average molecular weight is 439 g/mol. The zero-order valence-corrected chi connectivity index (χ0v) is 16.8. The van der Waals surface area contributed by atoms with E-state index in [2.05, 4.69) is 20.8 Å². The molecule has 0 spiro atoms. The van der Waals surface area contributed by atoms with E-state index in [1.54, 1.807) is 48.5 Å². The summed E-state index contributed by atoms with van der Waals surface area (Å²) in [6.45, 7) is 0. The van der Waals surface area contributed by atoms with Crippen LogP contribution in [0, 0.1) is 0 Å². The van der Waals surface area contributed by atoms with Crippen molar-refractivity contribution in [2.45, 2.75) is 4.34 Å². The first-order valence-electron chi connectivity index (χ1n) is 7.59. The van der Waals surface area contributed by atoms with Crippen LogP contribution in [-0.4, -0.2) is 27.8 Å². The number of nitrogens with one attached hydrogen (secondary N) is 2. The molecule has 0 aliphatic heterocycles. The van der Waals surface area contributed by atoms with Gasteiger partial charge in [0, 0.05) is 0 Å². The van der Waals surface area contributed by atoms with Crippen molar-refractivity contribution in [1.82, 2.24) is 10.2 Å². The Labute approximate surface area is 173 Å². The summed E-state index contributed by atoms with van der Waals surface area (Å²) in [5.41, 5.74) is 0.900. The number of para-hydroxylation sites is 1. The SMILES string of the molecule is O=C(CSc1nnc(NC(=O)c2ccccc2Cl)s1)Nc1ccccc1Cl. The van der Waals surface area contributed by atoms with Gasteiger partial charge in [0.15, 0.2) is 4.34 Å². The maximum atomic E-state index is 12.2. The van der Waals surface area contributed by atoms with Gasteiger partial charge in [-0.1, -0.05) is 70.6 Å². The second kappa shape index (κ2) is 9.18. The number of carbonyl (C=O) groups is 2. The minimum absolute atomic E-state index is 0.137. The van der Waals surface area contributed by atoms with Crippen molar-refractivity contribution < 1.29 is 9.59 Å². The summed E-state index contributed by atoms with van der Waals surface area (Å²) in [6, 6.07) is 13.7. The number of halogens is 2. The van der Waals surface area contributed by atoms with Gasteiger partial charge in [-0.05, 0) is 24.3 Å². The van der Waals surface area contributed by atoms with Crippen molar-refractivity contribution in [2.24, 2.45) is 0 Å². The summed E-state index contributed by atoms with van der Waals surface area (Å²) in [6.07, 6.45) is 0. The van der Waals surface area contributed by atoms with Crippen LogP contribution in [-0.2, 0) is 4.79 Å². The number of thioether (sulfide) groups is 1. The van der Waals surface area contributed by atoms with Crippen LogP contribution in [0.5, 0.6) is 0 Å². The van der Waals surface area contributed by atoms with Crippen LogP contribution in [0.15, 0.2) is 52.9 Å². The third-order valence-corrected chi connectivity index (χ3v) is 5.85. The van der Waals surface area contributed by atoms with Gasteiger partial charge in [-0.3, -0.25) is 14.9 Å². The lowest BCUT2D eigenvalue weighted by Gasteiger charge is -2.05. The van der Waals surface area contributed by atoms with E-state index in [4.69, 9.17) is 23.2 Å². The smallest absolute Gasteiger partial charge is 0.259 e. The number of amides is 2. The van der Waals surface area contributed by atoms with Gasteiger partial charge in [-0.15, -0.1) is 10.2 Å². The van der Waals surface area contributed by atoms with E-state index in [-0.39, 0.29) is 17.6 Å². The summed E-state index contributed by atoms with van der Waals surface area (Å²) in [4.78, 5) is 24.2. The fourth-order valence-corrected chi connectivity index (χ4v) is 3.96. The standard InChI is InChI=1S/C17H12Cl2N4O2S2/c18-11-6-2-1-5-10(11)15(25)21-16-22-23-17(27-16)26-9-14(24)20-13-8-4-3-7-12(13)19/h1-8H,9H2,(H,20,24)(H,21,22,25). The van der Waals surface area contributed by atoms with Crippen molar-refractivity contribution in [3.05, 3.63) is 64.1 Å². The molecule has 3 aromatic rings. The molecule has 0 saturated carbocycles. The van der Waals surface area contributed by atoms with Crippen LogP contribution in [0.1, 0.15) is 10.4 Å². The molecule has 0 saturated heterocycles. The molecule has 27 heavy (non-hydrogen) atoms. The Bertz CT molecular complexity index is 981. The fraction of sp³-hybridized carbons (Fsp3) is 0.0588. The zero-order valence-electron chi connectivity index (χ0n) is 13.6. The topological polar surface area (TPSA) is 84.0 Å². The van der Waals surface area contributed by atoms with Crippen molar-refractivity contribution in [3.8, 4) is 0 Å². The van der Waals surface area contributed by atoms with Gasteiger partial charge >= 0.3 is 0 Å². The molecule has 138 valence electrons. The predicted molar refractivity (Wildman–Crippen MR) is 110 cm³/mol. The number of nitrogens with zero attached hydrogens (tertiary/aromatic N) is 2. The zero-order chi connectivity index (χ0) is 19.2. The molecule has 0 unspecified atom stereocenters. The molecule has 0 aliphatic rings. The maximum Gasteiger partial charge on any atom is 0.259 e. The lowest BCUT2D eigenvalue weighted by molar-refractivity contribution is -0.113. The molecule has 0 aliphatic carbocycles. The molecule has 0 atom stereocenters. The van der Waals surface area contributed by atoms with Crippen molar-refractivity contribution >= 4 is 68.9 Å². The molecule has 10 heteroatoms. The van der Waals surface area contributed by atoms with E-state index in [9.17, 15) is 9.59 Å². The van der Waals surface area contributed by atoms with Crippen molar-refractivity contribution in [1.29, 1.82) is 0 Å². The molecule has 0 radical (unpaired) electrons. The number of benzene rings is 2. The van der Waals surface area contributed by atoms with Crippen LogP contribution >= 0.6 is 46.3 Å². The number of hydrogen-bond donors (Lipinski definition) is 2. The van der Waals surface area contributed by atoms with Crippen LogP contribution in [0.4, 0.5) is 10.8 Å². The molecule has 1 heterocycles. The highest BCUT2D eigenvalue weighted by atomic mass is 35.5. The molecule has 2 N–H and O–H groups in total. The number of rotatable bonds is 6. The van der Waals surface area contributed by atoms with E-state index in [0.717, 1.165) is 0 Å². The third kappa shape index (κ3) is 5.43. The first-order chi connectivity index (χ1) is 13.0. The monoisotopic (exact) mass is 438 g/mol. The molecule has 3 rings (SSSR count). The summed E-state index contributed by atoms with van der Waals surface area (Å²) < 4.78 is 0.554. The fourth-order valence-electron chi connectivity index (χ4n) is 2.00. The van der Waals surface area contributed by atoms with E-state index >= 15 is 0 Å². The minimum atomic E-state index is -0.371. The largest absolute Gasteiger partial charge is 0.324 e. The van der Waals surface area contributed by atoms with Gasteiger partial charge in [0.2, 0.25) is 11.0 Å². The first-order valence-corrected chi connectivity index (χ1v) is 10.2. The normalized spacial score (nSPS) is 10.4. The van der Waals surface area contributed by atoms with Gasteiger partial charge in [-0.2, -0.15) is 0 Å². The van der Waals surface area contributed by atoms with Gasteiger partial charge in [0.05, 0.1) is 27.0 Å². The van der Waals surface area contributed by atoms with E-state index in [1.165, 1.54) is 23.1 Å². The number of anilines is 2. The lowest BCUT2D eigenvalue weighted by atomic mass is 10.2. The molecule has 0 fully saturated rings. The highest BCUT2D eigenvalue weighted by molar-refractivity contribution is 8.01. The average Bonchev–Trinajstić information content (AvgIpc) is 3.09. The second-order valence-electron chi connectivity index (χ2n) is 5.12. The number of hydrogen-bond acceptors (Lipinski definition) is 6. The highest BCUT2D eigenvalue weighted by Crippen LogP contribution is 2.27. The molecule has 6 nitrogen and oxygen atoms in total. The Hall–Kier alpha value is -2.13. The molecule has 2 aromatic carbocycles. The van der Waals surface area contributed by atoms with E-state index < -0.39 is 0 Å². The van der Waals surface area contributed by atoms with Crippen LogP contribution in [0.3, 0.4) is 0 Å². The highest BCUT2D eigenvalue weighted by Gasteiger charge is 2.14. The van der Waals surface area contributed by atoms with Crippen LogP contribution < -0.4 is 10.6 Å². The Morgan fingerprint density at radius 2 is 1.67 bits per heavy atom. The van der Waals surface area contributed by atoms with Gasteiger partial charge in [0.25, 0.3) is 5.91 Å². The summed E-state index contributed by atoms with van der Waals surface area (Å²) in [5, 5.41) is 14.4. The van der Waals surface area contributed by atoms with Crippen molar-refractivity contribution in [3.63, 3.8) is 0 Å². The number of aromatic nitrogens is 2. The van der Waals surface area contributed by atoms with E-state index in [1.807, 2.05) is 0 Å². The Morgan fingerprint density at radius 3 is 2.41 bits per heavy atom. The van der Waals surface area contributed by atoms with Crippen molar-refractivity contribution in [2.75, 3.05) is 16.4 Å². The number of carbonyl (C=O) groups excluding carboxylic acids is 2.